The summed E-state index contributed by atoms with van der Waals surface area (Å²) in [5.74, 6) is 1.07. The van der Waals surface area contributed by atoms with Crippen molar-refractivity contribution in [3.63, 3.8) is 0 Å². The molecule has 8 heteroatoms. The van der Waals surface area contributed by atoms with Gasteiger partial charge in [0.05, 0.1) is 39.2 Å². The summed E-state index contributed by atoms with van der Waals surface area (Å²) in [6, 6.07) is 11.9. The van der Waals surface area contributed by atoms with E-state index >= 15 is 0 Å². The molecule has 4 rings (SSSR count). The van der Waals surface area contributed by atoms with Crippen molar-refractivity contribution in [1.29, 1.82) is 0 Å². The summed E-state index contributed by atoms with van der Waals surface area (Å²) in [4.78, 5) is 17.4. The molecule has 2 aliphatic heterocycles. The summed E-state index contributed by atoms with van der Waals surface area (Å²) in [5.41, 5.74) is 4.45. The number of carbonyl (C=O) groups is 1. The van der Waals surface area contributed by atoms with Gasteiger partial charge in [-0.2, -0.15) is 0 Å². The van der Waals surface area contributed by atoms with Gasteiger partial charge in [-0.25, -0.2) is 4.79 Å². The fourth-order valence-electron chi connectivity index (χ4n) is 4.48. The van der Waals surface area contributed by atoms with Crippen LogP contribution in [0.3, 0.4) is 0 Å². The maximum Gasteiger partial charge on any atom is 0.319 e. The number of para-hydroxylation sites is 1. The van der Waals surface area contributed by atoms with Crippen molar-refractivity contribution in [1.82, 2.24) is 10.2 Å². The maximum atomic E-state index is 12.8. The topological polar surface area (TPSA) is 75.3 Å². The zero-order valence-corrected chi connectivity index (χ0v) is 19.0. The van der Waals surface area contributed by atoms with Crippen molar-refractivity contribution in [2.75, 3.05) is 70.9 Å². The number of carbonyl (C=O) groups excluding carboxylic acids is 1. The highest BCUT2D eigenvalue weighted by Gasteiger charge is 2.25. The second-order valence-electron chi connectivity index (χ2n) is 8.10. The van der Waals surface area contributed by atoms with Crippen LogP contribution in [-0.2, 0) is 11.2 Å². The minimum atomic E-state index is -0.282. The largest absolute Gasteiger partial charge is 0.493 e. The molecule has 0 aliphatic carbocycles. The second-order valence-corrected chi connectivity index (χ2v) is 8.10. The molecule has 8 nitrogen and oxygen atoms in total. The van der Waals surface area contributed by atoms with Gasteiger partial charge in [0, 0.05) is 38.9 Å². The second kappa shape index (κ2) is 10.1. The molecule has 1 saturated heterocycles. The number of amides is 2. The van der Waals surface area contributed by atoms with E-state index in [2.05, 4.69) is 45.7 Å². The number of hydrogen-bond donors (Lipinski definition) is 2. The molecular formula is C24H32N4O4. The average molecular weight is 441 g/mol. The number of benzene rings is 2. The first kappa shape index (κ1) is 22.2. The molecule has 2 N–H and O–H groups in total. The highest BCUT2D eigenvalue weighted by Crippen LogP contribution is 2.35. The fraction of sp³-hybridized carbons (Fsp3) is 0.458. The summed E-state index contributed by atoms with van der Waals surface area (Å²) in [7, 11) is 5.26. The number of likely N-dealkylation sites (N-methyl/N-ethyl adjacent to an activating group) is 1. The number of hydrogen-bond acceptors (Lipinski definition) is 6. The number of nitrogens with one attached hydrogen (secondary N) is 2. The smallest absolute Gasteiger partial charge is 0.319 e. The lowest BCUT2D eigenvalue weighted by Crippen LogP contribution is -2.44. The number of urea groups is 1. The van der Waals surface area contributed by atoms with E-state index in [0.29, 0.717) is 36.9 Å². The van der Waals surface area contributed by atoms with E-state index in [4.69, 9.17) is 14.2 Å². The average Bonchev–Trinajstić information content (AvgIpc) is 3.19. The van der Waals surface area contributed by atoms with E-state index in [0.717, 1.165) is 26.1 Å². The van der Waals surface area contributed by atoms with Crippen molar-refractivity contribution < 1.29 is 19.0 Å². The Hall–Kier alpha value is -2.97. The lowest BCUT2D eigenvalue weighted by atomic mass is 10.0. The van der Waals surface area contributed by atoms with Gasteiger partial charge in [-0.05, 0) is 35.7 Å². The Kier molecular flexibility index (Phi) is 7.02. The first-order valence-corrected chi connectivity index (χ1v) is 11.0. The normalized spacial score (nSPS) is 16.9. The molecule has 172 valence electrons. The Labute approximate surface area is 189 Å². The highest BCUT2D eigenvalue weighted by atomic mass is 16.5. The molecule has 2 aromatic carbocycles. The Bertz CT molecular complexity index is 946. The zero-order chi connectivity index (χ0) is 22.5. The molecule has 0 spiro atoms. The summed E-state index contributed by atoms with van der Waals surface area (Å²) < 4.78 is 16.3. The van der Waals surface area contributed by atoms with Crippen LogP contribution in [0.5, 0.6) is 11.5 Å². The van der Waals surface area contributed by atoms with Crippen molar-refractivity contribution in [2.45, 2.75) is 12.5 Å². The minimum Gasteiger partial charge on any atom is -0.493 e. The third kappa shape index (κ3) is 4.76. The number of ether oxygens (including phenoxy) is 3. The molecule has 32 heavy (non-hydrogen) atoms. The molecule has 2 amide bonds. The van der Waals surface area contributed by atoms with E-state index in [1.807, 2.05) is 6.07 Å². The number of methoxy groups -OCH3 is 2. The molecule has 0 saturated carbocycles. The van der Waals surface area contributed by atoms with Crippen LogP contribution in [-0.4, -0.2) is 71.6 Å². The first-order valence-electron chi connectivity index (χ1n) is 11.0. The lowest BCUT2D eigenvalue weighted by molar-refractivity contribution is 0.0168. The molecule has 0 unspecified atom stereocenters. The summed E-state index contributed by atoms with van der Waals surface area (Å²) in [5, 5.41) is 5.94. The Morgan fingerprint density at radius 1 is 1.12 bits per heavy atom. The van der Waals surface area contributed by atoms with Crippen molar-refractivity contribution >= 4 is 17.4 Å². The SMILES string of the molecule is COc1cccc(NC(=O)NC[C@@H](c2ccc3c(c2)CCN3C)N2CCOCC2)c1OC. The van der Waals surface area contributed by atoms with E-state index in [1.165, 1.54) is 16.8 Å². The van der Waals surface area contributed by atoms with Gasteiger partial charge >= 0.3 is 6.03 Å². The minimum absolute atomic E-state index is 0.0769. The van der Waals surface area contributed by atoms with Crippen LogP contribution in [0.25, 0.3) is 0 Å². The van der Waals surface area contributed by atoms with Crippen LogP contribution in [0, 0.1) is 0 Å². The number of rotatable bonds is 7. The quantitative estimate of drug-likeness (QED) is 0.690. The van der Waals surface area contributed by atoms with Crippen LogP contribution < -0.4 is 25.0 Å². The molecule has 1 fully saturated rings. The predicted molar refractivity (Wildman–Crippen MR) is 125 cm³/mol. The van der Waals surface area contributed by atoms with Gasteiger partial charge in [0.2, 0.25) is 0 Å². The molecule has 2 heterocycles. The van der Waals surface area contributed by atoms with Crippen LogP contribution in [0.15, 0.2) is 36.4 Å². The number of fused-ring (bicyclic) bond motifs is 1. The predicted octanol–water partition coefficient (Wildman–Crippen LogP) is 2.89. The van der Waals surface area contributed by atoms with Gasteiger partial charge in [-0.1, -0.05) is 18.2 Å². The molecule has 0 aromatic heterocycles. The summed E-state index contributed by atoms with van der Waals surface area (Å²) >= 11 is 0. The van der Waals surface area contributed by atoms with Gasteiger partial charge in [0.15, 0.2) is 11.5 Å². The lowest BCUT2D eigenvalue weighted by Gasteiger charge is -2.35. The van der Waals surface area contributed by atoms with Crippen LogP contribution in [0.1, 0.15) is 17.2 Å². The van der Waals surface area contributed by atoms with E-state index in [-0.39, 0.29) is 12.1 Å². The molecule has 0 bridgehead atoms. The highest BCUT2D eigenvalue weighted by molar-refractivity contribution is 5.91. The van der Waals surface area contributed by atoms with Crippen molar-refractivity contribution in [2.24, 2.45) is 0 Å². The Morgan fingerprint density at radius 3 is 2.69 bits per heavy atom. The third-order valence-corrected chi connectivity index (χ3v) is 6.21. The zero-order valence-electron chi connectivity index (χ0n) is 19.0. The standard InChI is InChI=1S/C24H32N4O4/c1-27-10-9-18-15-17(7-8-20(18)27)21(28-11-13-32-14-12-28)16-25-24(29)26-19-5-4-6-22(30-2)23(19)31-3/h4-8,15,21H,9-14,16H2,1-3H3,(H2,25,26,29)/t21-/m0/s1. The summed E-state index contributed by atoms with van der Waals surface area (Å²) in [6.45, 7) is 4.63. The molecule has 0 radical (unpaired) electrons. The van der Waals surface area contributed by atoms with E-state index in [9.17, 15) is 4.79 Å². The van der Waals surface area contributed by atoms with Gasteiger partial charge in [-0.3, -0.25) is 4.90 Å². The summed E-state index contributed by atoms with van der Waals surface area (Å²) in [6.07, 6.45) is 1.05. The third-order valence-electron chi connectivity index (χ3n) is 6.21. The van der Waals surface area contributed by atoms with Gasteiger partial charge < -0.3 is 29.7 Å². The van der Waals surface area contributed by atoms with Crippen LogP contribution >= 0.6 is 0 Å². The fourth-order valence-corrected chi connectivity index (χ4v) is 4.48. The Morgan fingerprint density at radius 2 is 1.94 bits per heavy atom. The van der Waals surface area contributed by atoms with Gasteiger partial charge in [0.1, 0.15) is 0 Å². The monoisotopic (exact) mass is 440 g/mol. The Balaban J connectivity index is 1.48. The van der Waals surface area contributed by atoms with Crippen molar-refractivity contribution in [3.8, 4) is 11.5 Å². The van der Waals surface area contributed by atoms with Gasteiger partial charge in [0.25, 0.3) is 0 Å². The number of nitrogens with zero attached hydrogens (tertiary/aromatic N) is 2. The van der Waals surface area contributed by atoms with E-state index in [1.54, 1.807) is 26.4 Å². The first-order chi connectivity index (χ1) is 15.6. The number of morpholine rings is 1. The molecule has 2 aromatic rings. The molecule has 2 aliphatic rings. The van der Waals surface area contributed by atoms with Crippen LogP contribution in [0.2, 0.25) is 0 Å². The van der Waals surface area contributed by atoms with E-state index < -0.39 is 0 Å². The molecule has 1 atom stereocenters. The van der Waals surface area contributed by atoms with Gasteiger partial charge in [-0.15, -0.1) is 0 Å². The van der Waals surface area contributed by atoms with Crippen molar-refractivity contribution in [3.05, 3.63) is 47.5 Å². The maximum absolute atomic E-state index is 12.8. The number of anilines is 2. The molecular weight excluding hydrogens is 408 g/mol. The van der Waals surface area contributed by atoms with Crippen LogP contribution in [0.4, 0.5) is 16.2 Å².